The molecule has 0 saturated heterocycles. The lowest BCUT2D eigenvalue weighted by atomic mass is 9.60. The fraction of sp³-hybridized carbons (Fsp3) is 0.778. The molecule has 1 saturated carbocycles. The van der Waals surface area contributed by atoms with Crippen molar-refractivity contribution in [2.75, 3.05) is 0 Å². The van der Waals surface area contributed by atoms with Crippen LogP contribution in [0.1, 0.15) is 53.4 Å². The number of hydrogen-bond acceptors (Lipinski definition) is 4. The number of carbonyl (C=O) groups excluding carboxylic acids is 2. The van der Waals surface area contributed by atoms with Gasteiger partial charge in [-0.2, -0.15) is 0 Å². The Kier molecular flexibility index (Phi) is 6.12. The molecule has 2 aliphatic carbocycles. The van der Waals surface area contributed by atoms with Crippen molar-refractivity contribution < 1.29 is 19.1 Å². The number of hydrogen-bond donors (Lipinski definition) is 0. The minimum absolute atomic E-state index is 0.222. The summed E-state index contributed by atoms with van der Waals surface area (Å²) < 4.78 is 9.48. The van der Waals surface area contributed by atoms with E-state index in [4.69, 9.17) is 16.3 Å². The minimum Gasteiger partial charge on any atom is -0.415 e. The summed E-state index contributed by atoms with van der Waals surface area (Å²) in [6.45, 7) is 7.83. The summed E-state index contributed by atoms with van der Waals surface area (Å²) in [6, 6.07) is 0. The second-order valence-corrected chi connectivity index (χ2v) is 7.75. The van der Waals surface area contributed by atoms with Crippen LogP contribution in [0.25, 0.3) is 0 Å². The summed E-state index contributed by atoms with van der Waals surface area (Å²) in [5.41, 5.74) is 0.593. The Morgan fingerprint density at radius 1 is 1.26 bits per heavy atom. The summed E-state index contributed by atoms with van der Waals surface area (Å²) in [7, 11) is 0. The molecule has 0 aromatic rings. The van der Waals surface area contributed by atoms with Gasteiger partial charge < -0.3 is 9.47 Å². The van der Waals surface area contributed by atoms with Gasteiger partial charge in [0, 0.05) is 0 Å². The van der Waals surface area contributed by atoms with Gasteiger partial charge in [0.05, 0.1) is 5.92 Å². The van der Waals surface area contributed by atoms with E-state index < -0.39 is 17.7 Å². The van der Waals surface area contributed by atoms with Gasteiger partial charge in [-0.15, -0.1) is 0 Å². The summed E-state index contributed by atoms with van der Waals surface area (Å²) in [5, 5.41) is 0. The van der Waals surface area contributed by atoms with E-state index in [2.05, 4.69) is 24.7 Å². The number of carbonyl (C=O) groups is 2. The Morgan fingerprint density at radius 2 is 1.96 bits per heavy atom. The molecule has 5 heteroatoms. The van der Waals surface area contributed by atoms with Crippen molar-refractivity contribution in [3.63, 3.8) is 0 Å². The molecule has 0 heterocycles. The maximum atomic E-state index is 12.3. The highest BCUT2D eigenvalue weighted by Gasteiger charge is 2.42. The Bertz CT molecular complexity index is 485. The van der Waals surface area contributed by atoms with E-state index in [1.807, 2.05) is 6.92 Å². The van der Waals surface area contributed by atoms with E-state index in [-0.39, 0.29) is 11.8 Å². The number of ether oxygens (including phenoxy) is 2. The lowest BCUT2D eigenvalue weighted by Crippen LogP contribution is -2.40. The van der Waals surface area contributed by atoms with Crippen LogP contribution in [0.3, 0.4) is 0 Å². The molecular weight excluding hydrogens is 316 g/mol. The molecule has 6 atom stereocenters. The first-order valence-corrected chi connectivity index (χ1v) is 8.97. The molecule has 23 heavy (non-hydrogen) atoms. The summed E-state index contributed by atoms with van der Waals surface area (Å²) >= 11 is 5.57. The van der Waals surface area contributed by atoms with Gasteiger partial charge in [-0.3, -0.25) is 4.79 Å². The van der Waals surface area contributed by atoms with Crippen LogP contribution < -0.4 is 0 Å². The van der Waals surface area contributed by atoms with Gasteiger partial charge in [0.15, 0.2) is 5.56 Å². The molecule has 0 bridgehead atoms. The van der Waals surface area contributed by atoms with Crippen molar-refractivity contribution in [1.82, 2.24) is 0 Å². The summed E-state index contributed by atoms with van der Waals surface area (Å²) in [5.74, 6) is 1.10. The van der Waals surface area contributed by atoms with Gasteiger partial charge >= 0.3 is 12.1 Å². The molecule has 0 aromatic carbocycles. The van der Waals surface area contributed by atoms with Gasteiger partial charge in [0.1, 0.15) is 0 Å². The second-order valence-electron chi connectivity index (χ2n) is 7.13. The third-order valence-corrected chi connectivity index (χ3v) is 5.57. The van der Waals surface area contributed by atoms with Crippen LogP contribution >= 0.6 is 11.6 Å². The first kappa shape index (κ1) is 18.3. The van der Waals surface area contributed by atoms with Crippen LogP contribution in [0.4, 0.5) is 4.79 Å². The molecule has 0 aliphatic heterocycles. The van der Waals surface area contributed by atoms with E-state index in [0.29, 0.717) is 17.8 Å². The van der Waals surface area contributed by atoms with Crippen LogP contribution in [0.5, 0.6) is 0 Å². The van der Waals surface area contributed by atoms with Gasteiger partial charge in [-0.05, 0) is 56.8 Å². The number of alkyl halides is 1. The normalized spacial score (nSPS) is 33.0. The Morgan fingerprint density at radius 3 is 2.61 bits per heavy atom. The maximum Gasteiger partial charge on any atom is 0.517 e. The second kappa shape index (κ2) is 7.69. The molecule has 0 aromatic heterocycles. The van der Waals surface area contributed by atoms with Crippen LogP contribution in [0, 0.1) is 29.6 Å². The molecule has 0 spiro atoms. The van der Waals surface area contributed by atoms with E-state index in [1.165, 1.54) is 18.9 Å². The zero-order valence-corrected chi connectivity index (χ0v) is 15.1. The molecule has 4 nitrogen and oxygen atoms in total. The average Bonchev–Trinajstić information content (AvgIpc) is 2.45. The Hall–Kier alpha value is -1.03. The number of allylic oxidation sites excluding steroid dienone is 2. The summed E-state index contributed by atoms with van der Waals surface area (Å²) in [6.07, 6.45) is 5.79. The van der Waals surface area contributed by atoms with Crippen molar-refractivity contribution in [2.24, 2.45) is 29.6 Å². The molecule has 0 N–H and O–H groups in total. The lowest BCUT2D eigenvalue weighted by Gasteiger charge is -2.45. The Labute approximate surface area is 143 Å². The van der Waals surface area contributed by atoms with Gasteiger partial charge in [-0.1, -0.05) is 43.5 Å². The first-order valence-electron chi connectivity index (χ1n) is 8.53. The lowest BCUT2D eigenvalue weighted by molar-refractivity contribution is -0.147. The number of fused-ring (bicyclic) bond motifs is 1. The van der Waals surface area contributed by atoms with Gasteiger partial charge in [-0.25, -0.2) is 4.79 Å². The van der Waals surface area contributed by atoms with Gasteiger partial charge in [0.25, 0.3) is 0 Å². The predicted octanol–water partition coefficient (Wildman–Crippen LogP) is 4.91. The molecular formula is C18H27ClO4. The number of esters is 1. The third kappa shape index (κ3) is 4.50. The number of halogens is 1. The van der Waals surface area contributed by atoms with E-state index in [1.54, 1.807) is 0 Å². The Balaban J connectivity index is 2.05. The minimum atomic E-state index is -1.01. The van der Waals surface area contributed by atoms with Crippen molar-refractivity contribution in [2.45, 2.75) is 58.9 Å². The maximum absolute atomic E-state index is 12.3. The largest absolute Gasteiger partial charge is 0.517 e. The predicted molar refractivity (Wildman–Crippen MR) is 88.9 cm³/mol. The molecule has 1 fully saturated rings. The zero-order chi connectivity index (χ0) is 17.1. The highest BCUT2D eigenvalue weighted by Crippen LogP contribution is 2.48. The zero-order valence-electron chi connectivity index (χ0n) is 14.4. The topological polar surface area (TPSA) is 52.6 Å². The van der Waals surface area contributed by atoms with Gasteiger partial charge in [0.2, 0.25) is 0 Å². The average molecular weight is 343 g/mol. The third-order valence-electron chi connectivity index (χ3n) is 5.48. The fourth-order valence-electron chi connectivity index (χ4n) is 4.18. The molecule has 130 valence electrons. The van der Waals surface area contributed by atoms with Crippen LogP contribution in [0.15, 0.2) is 11.6 Å². The van der Waals surface area contributed by atoms with E-state index in [0.717, 1.165) is 19.3 Å². The van der Waals surface area contributed by atoms with E-state index >= 15 is 0 Å². The number of rotatable bonds is 3. The molecule has 0 amide bonds. The van der Waals surface area contributed by atoms with Crippen LogP contribution in [-0.2, 0) is 14.3 Å². The quantitative estimate of drug-likeness (QED) is 0.316. The molecule has 2 rings (SSSR count). The van der Waals surface area contributed by atoms with Crippen molar-refractivity contribution >= 4 is 23.7 Å². The highest BCUT2D eigenvalue weighted by molar-refractivity contribution is 6.19. The monoisotopic (exact) mass is 342 g/mol. The van der Waals surface area contributed by atoms with E-state index in [9.17, 15) is 9.59 Å². The highest BCUT2D eigenvalue weighted by atomic mass is 35.5. The first-order chi connectivity index (χ1) is 10.8. The fourth-order valence-corrected chi connectivity index (χ4v) is 4.25. The van der Waals surface area contributed by atoms with Crippen molar-refractivity contribution in [3.05, 3.63) is 11.6 Å². The molecule has 2 unspecified atom stereocenters. The SMILES string of the molecule is CC1=C[C@H]2C(CC1)[C@H](C)CC[C@H]2[C@@H](C)C(=O)OC(=O)OC(C)Cl. The van der Waals surface area contributed by atoms with Crippen molar-refractivity contribution in [3.8, 4) is 0 Å². The summed E-state index contributed by atoms with van der Waals surface area (Å²) in [4.78, 5) is 23.8. The smallest absolute Gasteiger partial charge is 0.415 e. The standard InChI is InChI=1S/C18H27ClO4/c1-10-5-7-14-11(2)6-8-15(16(14)9-10)12(3)17(20)23-18(21)22-13(4)19/h9,11-16H,5-8H2,1-4H3/t11-,12-,13?,14?,15+,16+/m1/s1. The molecule has 0 radical (unpaired) electrons. The van der Waals surface area contributed by atoms with Crippen molar-refractivity contribution in [1.29, 1.82) is 0 Å². The van der Waals surface area contributed by atoms with Crippen LogP contribution in [0.2, 0.25) is 0 Å². The van der Waals surface area contributed by atoms with Crippen LogP contribution in [-0.4, -0.2) is 17.7 Å². The molecule has 2 aliphatic rings.